The Morgan fingerprint density at radius 1 is 1.20 bits per heavy atom. The van der Waals surface area contributed by atoms with E-state index in [2.05, 4.69) is 74.2 Å². The molecule has 112 valence electrons. The van der Waals surface area contributed by atoms with Gasteiger partial charge in [0, 0.05) is 44.1 Å². The van der Waals surface area contributed by atoms with Gasteiger partial charge in [0.1, 0.15) is 0 Å². The van der Waals surface area contributed by atoms with Crippen LogP contribution in [-0.2, 0) is 0 Å². The molecule has 1 aromatic rings. The zero-order valence-electron chi connectivity index (χ0n) is 13.6. The van der Waals surface area contributed by atoms with E-state index in [1.807, 2.05) is 0 Å². The minimum Gasteiger partial charge on any atom is -0.378 e. The Bertz CT molecular complexity index is 413. The minimum atomic E-state index is 0.581. The molecule has 3 atom stereocenters. The molecular weight excluding hydrogens is 246 g/mol. The number of piperidine rings is 1. The zero-order chi connectivity index (χ0) is 14.7. The van der Waals surface area contributed by atoms with Gasteiger partial charge >= 0.3 is 0 Å². The fourth-order valence-electron chi connectivity index (χ4n) is 3.22. The van der Waals surface area contributed by atoms with E-state index in [9.17, 15) is 0 Å². The van der Waals surface area contributed by atoms with Crippen LogP contribution in [-0.4, -0.2) is 39.3 Å². The number of benzene rings is 1. The van der Waals surface area contributed by atoms with Crippen LogP contribution in [0.1, 0.15) is 27.2 Å². The molecule has 3 nitrogen and oxygen atoms in total. The fourth-order valence-corrected chi connectivity index (χ4v) is 3.22. The summed E-state index contributed by atoms with van der Waals surface area (Å²) in [6.07, 6.45) is 1.23. The average molecular weight is 275 g/mol. The first-order valence-electron chi connectivity index (χ1n) is 7.82. The smallest absolute Gasteiger partial charge is 0.0370 e. The highest BCUT2D eigenvalue weighted by atomic mass is 15.2. The Hall–Kier alpha value is -1.22. The first-order chi connectivity index (χ1) is 9.54. The van der Waals surface area contributed by atoms with Gasteiger partial charge in [-0.2, -0.15) is 0 Å². The second-order valence-corrected chi connectivity index (χ2v) is 6.16. The molecule has 0 radical (unpaired) electrons. The summed E-state index contributed by atoms with van der Waals surface area (Å²) in [5.41, 5.74) is 2.61. The molecule has 1 aliphatic heterocycles. The lowest BCUT2D eigenvalue weighted by molar-refractivity contribution is 0.274. The summed E-state index contributed by atoms with van der Waals surface area (Å²) in [5.74, 6) is 0.678. The highest BCUT2D eigenvalue weighted by Gasteiger charge is 2.31. The van der Waals surface area contributed by atoms with E-state index in [0.29, 0.717) is 18.0 Å². The van der Waals surface area contributed by atoms with E-state index >= 15 is 0 Å². The fraction of sp³-hybridized carbons (Fsp3) is 0.647. The molecule has 3 heteroatoms. The van der Waals surface area contributed by atoms with E-state index in [1.54, 1.807) is 0 Å². The van der Waals surface area contributed by atoms with Crippen LogP contribution < -0.4 is 15.1 Å². The second-order valence-electron chi connectivity index (χ2n) is 6.16. The van der Waals surface area contributed by atoms with Crippen LogP contribution in [0.4, 0.5) is 11.4 Å². The Kier molecular flexibility index (Phi) is 4.92. The van der Waals surface area contributed by atoms with Crippen molar-refractivity contribution in [1.29, 1.82) is 0 Å². The van der Waals surface area contributed by atoms with Crippen molar-refractivity contribution in [2.75, 3.05) is 37.0 Å². The van der Waals surface area contributed by atoms with E-state index in [1.165, 1.54) is 17.8 Å². The van der Waals surface area contributed by atoms with Crippen LogP contribution in [0.5, 0.6) is 0 Å². The van der Waals surface area contributed by atoms with Gasteiger partial charge in [-0.05, 0) is 50.1 Å². The molecule has 0 bridgehead atoms. The molecule has 1 aromatic carbocycles. The van der Waals surface area contributed by atoms with Gasteiger partial charge in [0.2, 0.25) is 0 Å². The molecule has 2 rings (SSSR count). The summed E-state index contributed by atoms with van der Waals surface area (Å²) in [4.78, 5) is 4.70. The molecule has 0 aliphatic carbocycles. The monoisotopic (exact) mass is 275 g/mol. The topological polar surface area (TPSA) is 18.5 Å². The number of hydrogen-bond donors (Lipinski definition) is 1. The maximum atomic E-state index is 3.63. The maximum Gasteiger partial charge on any atom is 0.0370 e. The van der Waals surface area contributed by atoms with Gasteiger partial charge in [0.05, 0.1) is 0 Å². The maximum absolute atomic E-state index is 3.63. The van der Waals surface area contributed by atoms with E-state index in [0.717, 1.165) is 13.1 Å². The molecule has 1 fully saturated rings. The lowest BCUT2D eigenvalue weighted by Crippen LogP contribution is -2.53. The van der Waals surface area contributed by atoms with Crippen molar-refractivity contribution in [3.8, 4) is 0 Å². The summed E-state index contributed by atoms with van der Waals surface area (Å²) in [7, 11) is 4.17. The number of hydrogen-bond acceptors (Lipinski definition) is 3. The van der Waals surface area contributed by atoms with Gasteiger partial charge in [0.25, 0.3) is 0 Å². The summed E-state index contributed by atoms with van der Waals surface area (Å²) in [6.45, 7) is 9.14. The van der Waals surface area contributed by atoms with Crippen molar-refractivity contribution in [2.24, 2.45) is 5.92 Å². The van der Waals surface area contributed by atoms with Gasteiger partial charge < -0.3 is 15.1 Å². The highest BCUT2D eigenvalue weighted by molar-refractivity contribution is 5.56. The summed E-state index contributed by atoms with van der Waals surface area (Å²) < 4.78 is 0. The van der Waals surface area contributed by atoms with Gasteiger partial charge in [-0.1, -0.05) is 13.8 Å². The minimum absolute atomic E-state index is 0.581. The Morgan fingerprint density at radius 2 is 1.85 bits per heavy atom. The van der Waals surface area contributed by atoms with E-state index in [-0.39, 0.29) is 0 Å². The standard InChI is InChI=1S/C17H29N3/c1-6-18-17-11-12-20(14(3)13(17)2)16-9-7-15(8-10-16)19(4)5/h7-10,13-14,17-18H,6,11-12H2,1-5H3. The van der Waals surface area contributed by atoms with Crippen molar-refractivity contribution >= 4 is 11.4 Å². The van der Waals surface area contributed by atoms with Crippen molar-refractivity contribution < 1.29 is 0 Å². The molecule has 1 N–H and O–H groups in total. The third-order valence-corrected chi connectivity index (χ3v) is 4.73. The average Bonchev–Trinajstić information content (AvgIpc) is 2.44. The van der Waals surface area contributed by atoms with Gasteiger partial charge in [-0.25, -0.2) is 0 Å². The molecule has 0 spiro atoms. The van der Waals surface area contributed by atoms with Crippen molar-refractivity contribution in [2.45, 2.75) is 39.3 Å². The first kappa shape index (κ1) is 15.2. The van der Waals surface area contributed by atoms with Crippen molar-refractivity contribution in [3.63, 3.8) is 0 Å². The van der Waals surface area contributed by atoms with Gasteiger partial charge in [-0.3, -0.25) is 0 Å². The number of anilines is 2. The summed E-state index contributed by atoms with van der Waals surface area (Å²) in [5, 5.41) is 3.63. The lowest BCUT2D eigenvalue weighted by atomic mass is 9.86. The zero-order valence-corrected chi connectivity index (χ0v) is 13.6. The SMILES string of the molecule is CCNC1CCN(c2ccc(N(C)C)cc2)C(C)C1C. The Labute approximate surface area is 124 Å². The van der Waals surface area contributed by atoms with Crippen LogP contribution in [0.25, 0.3) is 0 Å². The third-order valence-electron chi connectivity index (χ3n) is 4.73. The predicted octanol–water partition coefficient (Wildman–Crippen LogP) is 2.97. The largest absolute Gasteiger partial charge is 0.378 e. The molecule has 1 saturated heterocycles. The molecule has 0 aromatic heterocycles. The van der Waals surface area contributed by atoms with Crippen LogP contribution in [0.3, 0.4) is 0 Å². The normalized spacial score (nSPS) is 26.6. The van der Waals surface area contributed by atoms with Crippen LogP contribution in [0, 0.1) is 5.92 Å². The molecule has 3 unspecified atom stereocenters. The van der Waals surface area contributed by atoms with Crippen LogP contribution in [0.15, 0.2) is 24.3 Å². The lowest BCUT2D eigenvalue weighted by Gasteiger charge is -2.44. The summed E-state index contributed by atoms with van der Waals surface area (Å²) >= 11 is 0. The van der Waals surface area contributed by atoms with Crippen molar-refractivity contribution in [1.82, 2.24) is 5.32 Å². The Morgan fingerprint density at radius 3 is 2.40 bits per heavy atom. The number of rotatable bonds is 4. The predicted molar refractivity (Wildman–Crippen MR) is 88.8 cm³/mol. The van der Waals surface area contributed by atoms with Crippen molar-refractivity contribution in [3.05, 3.63) is 24.3 Å². The van der Waals surface area contributed by atoms with E-state index < -0.39 is 0 Å². The quantitative estimate of drug-likeness (QED) is 0.911. The number of nitrogens with one attached hydrogen (secondary N) is 1. The van der Waals surface area contributed by atoms with Gasteiger partial charge in [-0.15, -0.1) is 0 Å². The second kappa shape index (κ2) is 6.49. The van der Waals surface area contributed by atoms with Crippen LogP contribution in [0.2, 0.25) is 0 Å². The molecule has 0 amide bonds. The van der Waals surface area contributed by atoms with Crippen LogP contribution >= 0.6 is 0 Å². The first-order valence-corrected chi connectivity index (χ1v) is 7.82. The third kappa shape index (κ3) is 3.09. The molecule has 1 aliphatic rings. The molecular formula is C17H29N3. The highest BCUT2D eigenvalue weighted by Crippen LogP contribution is 2.29. The van der Waals surface area contributed by atoms with E-state index in [4.69, 9.17) is 0 Å². The Balaban J connectivity index is 2.09. The molecule has 0 saturated carbocycles. The van der Waals surface area contributed by atoms with Gasteiger partial charge in [0.15, 0.2) is 0 Å². The molecule has 20 heavy (non-hydrogen) atoms. The summed E-state index contributed by atoms with van der Waals surface area (Å²) in [6, 6.07) is 10.2. The molecule has 1 heterocycles. The number of nitrogens with zero attached hydrogens (tertiary/aromatic N) is 2.